The Morgan fingerprint density at radius 2 is 1.70 bits per heavy atom. The molecule has 0 aliphatic carbocycles. The van der Waals surface area contributed by atoms with Crippen LogP contribution in [0.3, 0.4) is 0 Å². The molecule has 0 aromatic heterocycles. The van der Waals surface area contributed by atoms with Crippen LogP contribution in [0.2, 0.25) is 0 Å². The van der Waals surface area contributed by atoms with E-state index in [4.69, 9.17) is 9.05 Å². The molecule has 0 heterocycles. The van der Waals surface area contributed by atoms with E-state index in [2.05, 4.69) is 0 Å². The fourth-order valence-corrected chi connectivity index (χ4v) is 3.05. The van der Waals surface area contributed by atoms with Crippen LogP contribution in [0.15, 0.2) is 30.3 Å². The van der Waals surface area contributed by atoms with Crippen LogP contribution in [-0.4, -0.2) is 24.0 Å². The fraction of sp³-hybridized carbons (Fsp3) is 0.417. The van der Waals surface area contributed by atoms with Crippen molar-refractivity contribution in [2.45, 2.75) is 20.4 Å². The molecule has 1 amide bonds. The molecule has 0 unspecified atom stereocenters. The molecule has 0 aliphatic heterocycles. The van der Waals surface area contributed by atoms with Gasteiger partial charge in [-0.3, -0.25) is 0 Å². The number of amides is 1. The molecule has 20 heavy (non-hydrogen) atoms. The summed E-state index contributed by atoms with van der Waals surface area (Å²) in [5.74, 6) is 0. The van der Waals surface area contributed by atoms with E-state index in [-0.39, 0.29) is 38.6 Å². The van der Waals surface area contributed by atoms with E-state index in [9.17, 15) is 14.8 Å². The second kappa shape index (κ2) is 9.35. The van der Waals surface area contributed by atoms with Crippen molar-refractivity contribution >= 4 is 14.2 Å². The summed E-state index contributed by atoms with van der Waals surface area (Å²) >= 11 is 0. The number of nitrogens with zero attached hydrogens (tertiary/aromatic N) is 1. The summed E-state index contributed by atoms with van der Waals surface area (Å²) in [6.45, 7) is 3.27. The molecule has 0 atom stereocenters. The quantitative estimate of drug-likeness (QED) is 0.426. The topological polar surface area (TPSA) is 84.9 Å². The van der Waals surface area contributed by atoms with E-state index < -0.39 is 14.2 Å². The second-order valence-electron chi connectivity index (χ2n) is 3.61. The van der Waals surface area contributed by atoms with Crippen molar-refractivity contribution in [1.82, 2.24) is 4.67 Å². The second-order valence-corrected chi connectivity index (χ2v) is 5.55. The molecule has 0 radical (unpaired) electrons. The number of rotatable bonds is 7. The summed E-state index contributed by atoms with van der Waals surface area (Å²) < 4.78 is 10.6. The minimum absolute atomic E-state index is 0. The van der Waals surface area contributed by atoms with Crippen molar-refractivity contribution in [1.29, 1.82) is 0 Å². The van der Waals surface area contributed by atoms with Crippen molar-refractivity contribution in [3.63, 3.8) is 0 Å². The zero-order valence-electron chi connectivity index (χ0n) is 11.9. The first-order chi connectivity index (χ1) is 9.03. The molecule has 0 spiro atoms. The summed E-state index contributed by atoms with van der Waals surface area (Å²) in [7, 11) is -3.88. The van der Waals surface area contributed by atoms with Gasteiger partial charge in [-0.25, -0.2) is 0 Å². The Morgan fingerprint density at radius 1 is 1.20 bits per heavy atom. The van der Waals surface area contributed by atoms with E-state index >= 15 is 0 Å². The van der Waals surface area contributed by atoms with Gasteiger partial charge in [-0.05, 0) is 19.4 Å². The third-order valence-electron chi connectivity index (χ3n) is 2.27. The van der Waals surface area contributed by atoms with E-state index in [0.29, 0.717) is 10.2 Å². The van der Waals surface area contributed by atoms with Gasteiger partial charge in [-0.2, -0.15) is 13.7 Å². The molecular formula is C12H17LiNO5P. The van der Waals surface area contributed by atoms with Gasteiger partial charge < -0.3 is 14.8 Å². The van der Waals surface area contributed by atoms with Crippen LogP contribution in [0.4, 0.5) is 4.79 Å². The summed E-state index contributed by atoms with van der Waals surface area (Å²) in [6.07, 6.45) is -1.59. The third-order valence-corrected chi connectivity index (χ3v) is 4.33. The van der Waals surface area contributed by atoms with Crippen LogP contribution in [-0.2, 0) is 15.6 Å². The van der Waals surface area contributed by atoms with Gasteiger partial charge in [-0.15, -0.1) is 0 Å². The molecule has 8 heteroatoms. The molecule has 0 saturated heterocycles. The zero-order chi connectivity index (χ0) is 14.3. The van der Waals surface area contributed by atoms with Crippen molar-refractivity contribution in [3.05, 3.63) is 35.9 Å². The van der Waals surface area contributed by atoms with Gasteiger partial charge in [0.2, 0.25) is 0 Å². The predicted molar refractivity (Wildman–Crippen MR) is 67.6 cm³/mol. The van der Waals surface area contributed by atoms with Gasteiger partial charge in [0.15, 0.2) is 6.09 Å². The average molecular weight is 293 g/mol. The van der Waals surface area contributed by atoms with Crippen LogP contribution in [0.25, 0.3) is 0 Å². The van der Waals surface area contributed by atoms with Gasteiger partial charge >= 0.3 is 27.0 Å². The Balaban J connectivity index is 0.00000361. The predicted octanol–water partition coefficient (Wildman–Crippen LogP) is -2.05. The molecule has 6 nitrogen and oxygen atoms in total. The van der Waals surface area contributed by atoms with E-state index in [1.54, 1.807) is 44.2 Å². The molecule has 1 aromatic carbocycles. The summed E-state index contributed by atoms with van der Waals surface area (Å²) in [6, 6.07) is 8.76. The van der Waals surface area contributed by atoms with Crippen LogP contribution >= 0.6 is 8.09 Å². The minimum Gasteiger partial charge on any atom is -0.612 e. The van der Waals surface area contributed by atoms with Crippen LogP contribution in [0, 0.1) is 0 Å². The first kappa shape index (κ1) is 19.4. The zero-order valence-corrected chi connectivity index (χ0v) is 12.8. The standard InChI is InChI=1S/C12H18NO5P.Li/c1-3-17-19(16,18-4-2)13(12(14)15)10-11-8-6-5-7-9-11;/h5-9H,3-4,10H2,1-2H3,(H,14,15);/q;+1/p-1. The monoisotopic (exact) mass is 293 g/mol. The van der Waals surface area contributed by atoms with Gasteiger partial charge in [-0.1, -0.05) is 30.3 Å². The van der Waals surface area contributed by atoms with E-state index in [0.717, 1.165) is 0 Å². The molecule has 1 rings (SSSR count). The van der Waals surface area contributed by atoms with Crippen molar-refractivity contribution in [3.8, 4) is 0 Å². The van der Waals surface area contributed by atoms with Crippen LogP contribution in [0.5, 0.6) is 0 Å². The van der Waals surface area contributed by atoms with E-state index in [1.807, 2.05) is 0 Å². The van der Waals surface area contributed by atoms with Gasteiger partial charge in [0.25, 0.3) is 0 Å². The van der Waals surface area contributed by atoms with Gasteiger partial charge in [0.1, 0.15) is 0 Å². The van der Waals surface area contributed by atoms with Crippen molar-refractivity contribution in [2.75, 3.05) is 13.2 Å². The molecule has 0 N–H and O–H groups in total. The Kier molecular flexibility index (Phi) is 9.07. The number of carbonyl (C=O) groups is 1. The minimum atomic E-state index is -3.88. The molecule has 106 valence electrons. The SMILES string of the molecule is CCO[P+]([O-])(OCC)N(Cc1ccccc1)C(=O)[O-].[Li+]. The number of carbonyl (C=O) groups excluding carboxylic acids is 1. The molecular weight excluding hydrogens is 276 g/mol. The molecule has 1 aromatic rings. The van der Waals surface area contributed by atoms with Crippen LogP contribution < -0.4 is 28.9 Å². The Hall–Kier alpha value is -0.603. The first-order valence-electron chi connectivity index (χ1n) is 5.95. The maximum Gasteiger partial charge on any atom is 1.00 e. The number of hydrogen-bond donors (Lipinski definition) is 0. The normalized spacial score (nSPS) is 10.8. The average Bonchev–Trinajstić information content (AvgIpc) is 2.37. The smallest absolute Gasteiger partial charge is 0.612 e. The number of carboxylic acid groups (broad SMARTS) is 1. The summed E-state index contributed by atoms with van der Waals surface area (Å²) in [5.41, 5.74) is 0.673. The number of benzene rings is 1. The molecule has 0 fully saturated rings. The molecule has 0 aliphatic rings. The molecule has 0 saturated carbocycles. The van der Waals surface area contributed by atoms with Gasteiger partial charge in [0, 0.05) is 0 Å². The maximum atomic E-state index is 12.4. The maximum absolute atomic E-state index is 12.4. The third kappa shape index (κ3) is 5.41. The van der Waals surface area contributed by atoms with Gasteiger partial charge in [0.05, 0.1) is 19.8 Å². The van der Waals surface area contributed by atoms with Crippen LogP contribution in [0.1, 0.15) is 19.4 Å². The Bertz CT molecular complexity index is 400. The fourth-order valence-electron chi connectivity index (χ4n) is 1.51. The Morgan fingerprint density at radius 3 is 2.10 bits per heavy atom. The van der Waals surface area contributed by atoms with Crippen molar-refractivity contribution in [2.24, 2.45) is 0 Å². The molecule has 0 bridgehead atoms. The van der Waals surface area contributed by atoms with E-state index in [1.165, 1.54) is 0 Å². The first-order valence-corrected chi connectivity index (χ1v) is 7.45. The largest absolute Gasteiger partial charge is 1.00 e. The number of hydrogen-bond acceptors (Lipinski definition) is 5. The summed E-state index contributed by atoms with van der Waals surface area (Å²) in [5, 5.41) is 11.2. The summed E-state index contributed by atoms with van der Waals surface area (Å²) in [4.78, 5) is 23.6. The Labute approximate surface area is 131 Å². The van der Waals surface area contributed by atoms with Crippen molar-refractivity contribution < 1.29 is 42.7 Å².